The van der Waals surface area contributed by atoms with Gasteiger partial charge in [0.05, 0.1) is 31.6 Å². The molecule has 8 heteroatoms. The van der Waals surface area contributed by atoms with Crippen LogP contribution in [-0.2, 0) is 4.74 Å². The number of hydrogen-bond donors (Lipinski definition) is 2. The molecule has 1 amide bonds. The van der Waals surface area contributed by atoms with Crippen LogP contribution in [0.1, 0.15) is 27.1 Å². The zero-order valence-corrected chi connectivity index (χ0v) is 19.7. The lowest BCUT2D eigenvalue weighted by Crippen LogP contribution is -2.25. The van der Waals surface area contributed by atoms with Crippen molar-refractivity contribution in [2.24, 2.45) is 0 Å². The molecule has 2 rings (SSSR count). The first-order valence-electron chi connectivity index (χ1n) is 10.3. The molecule has 7 nitrogen and oxygen atoms in total. The molecule has 0 fully saturated rings. The molecule has 0 radical (unpaired) electrons. The lowest BCUT2D eigenvalue weighted by Gasteiger charge is -2.17. The average molecular weight is 445 g/mol. The van der Waals surface area contributed by atoms with Crippen LogP contribution < -0.4 is 20.5 Å². The second kappa shape index (κ2) is 11.4. The standard InChI is InChI=1S/C23H32N2O5Si/c1-28-20-16-19(24)18(23(27)30-13-14-31(2,3)4)15-21(20)29-12-8-11-25-22(26)17-9-6-5-7-10-17/h5-7,9-10,15-16H,8,11-14,24H2,1-4H3,(H,25,26). The SMILES string of the molecule is COc1cc(N)c(C(=O)OCC[Si](C)(C)C)cc1OCCCNC(=O)c1ccccc1. The van der Waals surface area contributed by atoms with E-state index in [1.807, 2.05) is 18.2 Å². The number of methoxy groups -OCH3 is 1. The molecular formula is C23H32N2O5Si. The van der Waals surface area contributed by atoms with E-state index < -0.39 is 14.0 Å². The van der Waals surface area contributed by atoms with Gasteiger partial charge in [-0.15, -0.1) is 0 Å². The van der Waals surface area contributed by atoms with Gasteiger partial charge in [-0.2, -0.15) is 0 Å². The summed E-state index contributed by atoms with van der Waals surface area (Å²) in [6.07, 6.45) is 0.585. The van der Waals surface area contributed by atoms with Crippen molar-refractivity contribution in [3.05, 3.63) is 53.6 Å². The van der Waals surface area contributed by atoms with Gasteiger partial charge in [0, 0.05) is 32.3 Å². The van der Waals surface area contributed by atoms with Crippen LogP contribution >= 0.6 is 0 Å². The Balaban J connectivity index is 1.90. The van der Waals surface area contributed by atoms with E-state index in [0.717, 1.165) is 6.04 Å². The summed E-state index contributed by atoms with van der Waals surface area (Å²) in [6.45, 7) is 7.82. The van der Waals surface area contributed by atoms with Gasteiger partial charge in [0.1, 0.15) is 0 Å². The van der Waals surface area contributed by atoms with Gasteiger partial charge in [0.25, 0.3) is 5.91 Å². The molecule has 31 heavy (non-hydrogen) atoms. The highest BCUT2D eigenvalue weighted by molar-refractivity contribution is 6.76. The van der Waals surface area contributed by atoms with Crippen LogP contribution in [0.5, 0.6) is 11.5 Å². The smallest absolute Gasteiger partial charge is 0.340 e. The van der Waals surface area contributed by atoms with Gasteiger partial charge < -0.3 is 25.3 Å². The van der Waals surface area contributed by atoms with Gasteiger partial charge in [-0.3, -0.25) is 4.79 Å². The molecule has 0 aliphatic carbocycles. The Morgan fingerprint density at radius 2 is 1.74 bits per heavy atom. The third-order valence-electron chi connectivity index (χ3n) is 4.54. The minimum atomic E-state index is -1.30. The normalized spacial score (nSPS) is 11.0. The van der Waals surface area contributed by atoms with Crippen molar-refractivity contribution in [3.63, 3.8) is 0 Å². The monoisotopic (exact) mass is 444 g/mol. The second-order valence-electron chi connectivity index (χ2n) is 8.36. The van der Waals surface area contributed by atoms with Crippen LogP contribution in [0.4, 0.5) is 5.69 Å². The Labute approximate surface area is 184 Å². The van der Waals surface area contributed by atoms with Crippen LogP contribution in [0, 0.1) is 0 Å². The molecule has 3 N–H and O–H groups in total. The van der Waals surface area contributed by atoms with Crippen molar-refractivity contribution in [1.82, 2.24) is 5.32 Å². The maximum Gasteiger partial charge on any atom is 0.340 e. The van der Waals surface area contributed by atoms with Gasteiger partial charge in [-0.1, -0.05) is 37.8 Å². The number of carbonyl (C=O) groups excluding carboxylic acids is 2. The van der Waals surface area contributed by atoms with Crippen molar-refractivity contribution in [1.29, 1.82) is 0 Å². The number of nitrogens with two attached hydrogens (primary N) is 1. The summed E-state index contributed by atoms with van der Waals surface area (Å²) in [5, 5.41) is 2.85. The first-order valence-corrected chi connectivity index (χ1v) is 14.0. The summed E-state index contributed by atoms with van der Waals surface area (Å²) in [5.74, 6) is 0.236. The van der Waals surface area contributed by atoms with Crippen LogP contribution in [0.25, 0.3) is 0 Å². The molecule has 0 spiro atoms. The predicted molar refractivity (Wildman–Crippen MR) is 125 cm³/mol. The Hall–Kier alpha value is -3.00. The van der Waals surface area contributed by atoms with Gasteiger partial charge in [0.2, 0.25) is 0 Å². The van der Waals surface area contributed by atoms with E-state index in [4.69, 9.17) is 19.9 Å². The molecule has 0 saturated heterocycles. The van der Waals surface area contributed by atoms with Gasteiger partial charge in [0.15, 0.2) is 11.5 Å². The quantitative estimate of drug-likeness (QED) is 0.235. The number of rotatable bonds is 11. The molecule has 0 aliphatic heterocycles. The maximum absolute atomic E-state index is 12.5. The molecule has 0 heterocycles. The molecule has 0 unspecified atom stereocenters. The van der Waals surface area contributed by atoms with Crippen molar-refractivity contribution in [2.75, 3.05) is 32.6 Å². The zero-order valence-electron chi connectivity index (χ0n) is 18.7. The maximum atomic E-state index is 12.5. The molecule has 0 atom stereocenters. The Bertz CT molecular complexity index is 882. The Kier molecular flexibility index (Phi) is 8.93. The van der Waals surface area contributed by atoms with Gasteiger partial charge >= 0.3 is 5.97 Å². The number of anilines is 1. The minimum Gasteiger partial charge on any atom is -0.493 e. The van der Waals surface area contributed by atoms with E-state index in [2.05, 4.69) is 25.0 Å². The lowest BCUT2D eigenvalue weighted by molar-refractivity contribution is 0.0525. The molecule has 168 valence electrons. The highest BCUT2D eigenvalue weighted by Gasteiger charge is 2.19. The van der Waals surface area contributed by atoms with Crippen molar-refractivity contribution < 1.29 is 23.8 Å². The van der Waals surface area contributed by atoms with E-state index in [-0.39, 0.29) is 17.2 Å². The van der Waals surface area contributed by atoms with E-state index in [1.165, 1.54) is 7.11 Å². The summed E-state index contributed by atoms with van der Waals surface area (Å²) in [4.78, 5) is 24.5. The number of benzene rings is 2. The van der Waals surface area contributed by atoms with E-state index in [0.29, 0.717) is 43.2 Å². The fourth-order valence-corrected chi connectivity index (χ4v) is 3.41. The summed E-state index contributed by atoms with van der Waals surface area (Å²) in [7, 11) is 0.205. The predicted octanol–water partition coefficient (Wildman–Crippen LogP) is 3.97. The largest absolute Gasteiger partial charge is 0.493 e. The highest BCUT2D eigenvalue weighted by atomic mass is 28.3. The van der Waals surface area contributed by atoms with Gasteiger partial charge in [-0.25, -0.2) is 4.79 Å². The molecule has 0 aromatic heterocycles. The first kappa shape index (κ1) is 24.3. The number of esters is 1. The summed E-state index contributed by atoms with van der Waals surface area (Å²) >= 11 is 0. The number of hydrogen-bond acceptors (Lipinski definition) is 6. The third-order valence-corrected chi connectivity index (χ3v) is 6.25. The van der Waals surface area contributed by atoms with Crippen molar-refractivity contribution in [2.45, 2.75) is 32.1 Å². The molecule has 2 aromatic rings. The van der Waals surface area contributed by atoms with Crippen molar-refractivity contribution in [3.8, 4) is 11.5 Å². The number of carbonyl (C=O) groups is 2. The van der Waals surface area contributed by atoms with Gasteiger partial charge in [-0.05, 0) is 24.6 Å². The number of ether oxygens (including phenoxy) is 3. The fourth-order valence-electron chi connectivity index (χ4n) is 2.70. The lowest BCUT2D eigenvalue weighted by atomic mass is 10.1. The van der Waals surface area contributed by atoms with E-state index >= 15 is 0 Å². The molecule has 0 saturated carbocycles. The Morgan fingerprint density at radius 3 is 2.39 bits per heavy atom. The summed E-state index contributed by atoms with van der Waals surface area (Å²) in [5.41, 5.74) is 7.15. The summed E-state index contributed by atoms with van der Waals surface area (Å²) in [6, 6.07) is 13.0. The van der Waals surface area contributed by atoms with Crippen LogP contribution in [0.15, 0.2) is 42.5 Å². The topological polar surface area (TPSA) is 99.9 Å². The average Bonchev–Trinajstić information content (AvgIpc) is 2.73. The molecule has 2 aromatic carbocycles. The highest BCUT2D eigenvalue weighted by Crippen LogP contribution is 2.32. The molecule has 0 bridgehead atoms. The minimum absolute atomic E-state index is 0.131. The first-order chi connectivity index (χ1) is 14.7. The van der Waals surface area contributed by atoms with Crippen LogP contribution in [0.2, 0.25) is 25.7 Å². The van der Waals surface area contributed by atoms with Crippen LogP contribution in [-0.4, -0.2) is 46.8 Å². The van der Waals surface area contributed by atoms with E-state index in [9.17, 15) is 9.59 Å². The third kappa shape index (κ3) is 7.97. The van der Waals surface area contributed by atoms with Crippen LogP contribution in [0.3, 0.4) is 0 Å². The van der Waals surface area contributed by atoms with Crippen molar-refractivity contribution >= 4 is 25.6 Å². The zero-order chi connectivity index (χ0) is 22.9. The molecule has 0 aliphatic rings. The Morgan fingerprint density at radius 1 is 1.03 bits per heavy atom. The number of nitrogen functional groups attached to an aromatic ring is 1. The number of amides is 1. The number of nitrogens with one attached hydrogen (secondary N) is 1. The molecular weight excluding hydrogens is 412 g/mol. The summed E-state index contributed by atoms with van der Waals surface area (Å²) < 4.78 is 16.5. The fraction of sp³-hybridized carbons (Fsp3) is 0.391. The van der Waals surface area contributed by atoms with E-state index in [1.54, 1.807) is 24.3 Å². The second-order valence-corrected chi connectivity index (χ2v) is 14.0.